The maximum absolute atomic E-state index is 11.0. The van der Waals surface area contributed by atoms with Gasteiger partial charge in [-0.05, 0) is 24.5 Å². The molecule has 5 heteroatoms. The van der Waals surface area contributed by atoms with Gasteiger partial charge in [0, 0.05) is 0 Å². The zero-order chi connectivity index (χ0) is 13.1. The fraction of sp³-hybridized carbons (Fsp3) is 0.308. The standard InChI is InChI=1S/C13H15N3O2/c1-3-9-4-6-10(7-5-9)8(2)14-13-15-11(17)12(18)16-13/h4-8H,3H2,1-2H3,(H2,14,15,16,17,18). The summed E-state index contributed by atoms with van der Waals surface area (Å²) in [5, 5.41) is 4.75. The normalized spacial score (nSPS) is 16.2. The second-order valence-electron chi connectivity index (χ2n) is 4.16. The molecule has 0 bridgehead atoms. The number of hydrogen-bond donors (Lipinski definition) is 2. The molecule has 0 aromatic heterocycles. The van der Waals surface area contributed by atoms with Gasteiger partial charge in [0.2, 0.25) is 5.96 Å². The molecule has 1 aliphatic rings. The third-order valence-electron chi connectivity index (χ3n) is 2.86. The summed E-state index contributed by atoms with van der Waals surface area (Å²) in [7, 11) is 0. The summed E-state index contributed by atoms with van der Waals surface area (Å²) in [6.45, 7) is 4.01. The maximum Gasteiger partial charge on any atom is 0.316 e. The fourth-order valence-electron chi connectivity index (χ4n) is 1.72. The molecular weight excluding hydrogens is 230 g/mol. The molecule has 18 heavy (non-hydrogen) atoms. The van der Waals surface area contributed by atoms with Gasteiger partial charge in [-0.25, -0.2) is 4.99 Å². The van der Waals surface area contributed by atoms with Crippen LogP contribution in [-0.2, 0) is 16.0 Å². The number of carbonyl (C=O) groups excluding carboxylic acids is 2. The predicted molar refractivity (Wildman–Crippen MR) is 68.0 cm³/mol. The molecule has 1 aromatic rings. The van der Waals surface area contributed by atoms with Crippen LogP contribution in [0.25, 0.3) is 0 Å². The minimum absolute atomic E-state index is 0.121. The van der Waals surface area contributed by atoms with Gasteiger partial charge in [0.1, 0.15) is 0 Å². The Morgan fingerprint density at radius 1 is 1.11 bits per heavy atom. The van der Waals surface area contributed by atoms with Crippen molar-refractivity contribution in [1.29, 1.82) is 0 Å². The van der Waals surface area contributed by atoms with Crippen molar-refractivity contribution in [2.45, 2.75) is 26.3 Å². The first kappa shape index (κ1) is 12.3. The molecule has 1 fully saturated rings. The van der Waals surface area contributed by atoms with E-state index < -0.39 is 11.8 Å². The number of nitrogens with zero attached hydrogens (tertiary/aromatic N) is 1. The van der Waals surface area contributed by atoms with Crippen molar-refractivity contribution in [2.75, 3.05) is 0 Å². The van der Waals surface area contributed by atoms with Crippen LogP contribution >= 0.6 is 0 Å². The lowest BCUT2D eigenvalue weighted by atomic mass is 10.1. The lowest BCUT2D eigenvalue weighted by Gasteiger charge is -2.08. The number of rotatable bonds is 3. The van der Waals surface area contributed by atoms with E-state index in [0.29, 0.717) is 0 Å². The highest BCUT2D eigenvalue weighted by molar-refractivity contribution is 6.45. The maximum atomic E-state index is 11.0. The third kappa shape index (κ3) is 2.56. The average molecular weight is 245 g/mol. The van der Waals surface area contributed by atoms with Gasteiger partial charge in [-0.2, -0.15) is 0 Å². The molecule has 0 spiro atoms. The van der Waals surface area contributed by atoms with Gasteiger partial charge in [0.25, 0.3) is 0 Å². The fourth-order valence-corrected chi connectivity index (χ4v) is 1.72. The number of amides is 2. The van der Waals surface area contributed by atoms with E-state index in [0.717, 1.165) is 12.0 Å². The number of aryl methyl sites for hydroxylation is 1. The van der Waals surface area contributed by atoms with Gasteiger partial charge >= 0.3 is 11.8 Å². The zero-order valence-corrected chi connectivity index (χ0v) is 10.4. The monoisotopic (exact) mass is 245 g/mol. The van der Waals surface area contributed by atoms with Crippen LogP contribution in [0.5, 0.6) is 0 Å². The molecule has 0 aliphatic carbocycles. The molecule has 1 heterocycles. The van der Waals surface area contributed by atoms with Crippen molar-refractivity contribution in [2.24, 2.45) is 4.99 Å². The molecule has 1 saturated heterocycles. The van der Waals surface area contributed by atoms with Gasteiger partial charge in [-0.1, -0.05) is 31.2 Å². The van der Waals surface area contributed by atoms with E-state index >= 15 is 0 Å². The lowest BCUT2D eigenvalue weighted by Crippen LogP contribution is -2.26. The Kier molecular flexibility index (Phi) is 3.41. The van der Waals surface area contributed by atoms with E-state index in [9.17, 15) is 9.59 Å². The quantitative estimate of drug-likeness (QED) is 0.777. The minimum Gasteiger partial charge on any atom is -0.288 e. The highest BCUT2D eigenvalue weighted by Gasteiger charge is 2.25. The average Bonchev–Trinajstić information content (AvgIpc) is 2.68. The number of hydrogen-bond acceptors (Lipinski definition) is 3. The highest BCUT2D eigenvalue weighted by Crippen LogP contribution is 2.17. The van der Waals surface area contributed by atoms with Crippen LogP contribution in [0.1, 0.15) is 31.0 Å². The molecule has 1 unspecified atom stereocenters. The molecule has 94 valence electrons. The summed E-state index contributed by atoms with van der Waals surface area (Å²) in [5.74, 6) is -1.11. The zero-order valence-electron chi connectivity index (χ0n) is 10.4. The Morgan fingerprint density at radius 2 is 1.67 bits per heavy atom. The molecule has 2 N–H and O–H groups in total. The van der Waals surface area contributed by atoms with E-state index in [1.54, 1.807) is 0 Å². The lowest BCUT2D eigenvalue weighted by molar-refractivity contribution is -0.135. The Morgan fingerprint density at radius 3 is 2.17 bits per heavy atom. The number of nitrogens with one attached hydrogen (secondary N) is 2. The topological polar surface area (TPSA) is 70.6 Å². The summed E-state index contributed by atoms with van der Waals surface area (Å²) in [4.78, 5) is 26.2. The molecule has 5 nitrogen and oxygen atoms in total. The van der Waals surface area contributed by atoms with Crippen LogP contribution in [0.2, 0.25) is 0 Å². The van der Waals surface area contributed by atoms with Crippen LogP contribution in [-0.4, -0.2) is 17.8 Å². The first-order valence-electron chi connectivity index (χ1n) is 5.89. The van der Waals surface area contributed by atoms with E-state index in [1.165, 1.54) is 5.56 Å². The van der Waals surface area contributed by atoms with Crippen molar-refractivity contribution >= 4 is 17.8 Å². The van der Waals surface area contributed by atoms with Crippen LogP contribution in [0.3, 0.4) is 0 Å². The largest absolute Gasteiger partial charge is 0.316 e. The second-order valence-corrected chi connectivity index (χ2v) is 4.16. The van der Waals surface area contributed by atoms with Crippen LogP contribution in [0.15, 0.2) is 29.3 Å². The summed E-state index contributed by atoms with van der Waals surface area (Å²) in [5.41, 5.74) is 2.30. The highest BCUT2D eigenvalue weighted by atomic mass is 16.2. The van der Waals surface area contributed by atoms with Gasteiger partial charge in [-0.15, -0.1) is 0 Å². The predicted octanol–water partition coefficient (Wildman–Crippen LogP) is 0.912. The summed E-state index contributed by atoms with van der Waals surface area (Å²) < 4.78 is 0. The van der Waals surface area contributed by atoms with Crippen molar-refractivity contribution in [3.8, 4) is 0 Å². The van der Waals surface area contributed by atoms with Gasteiger partial charge < -0.3 is 0 Å². The molecular formula is C13H15N3O2. The van der Waals surface area contributed by atoms with E-state index in [4.69, 9.17) is 0 Å². The Balaban J connectivity index is 2.11. The molecule has 0 radical (unpaired) electrons. The molecule has 1 aromatic carbocycles. The Hall–Kier alpha value is -2.17. The minimum atomic E-state index is -0.665. The SMILES string of the molecule is CCc1ccc(C(C)N=C2NC(=O)C(=O)N2)cc1. The second kappa shape index (κ2) is 5.00. The molecule has 1 atom stereocenters. The van der Waals surface area contributed by atoms with Crippen molar-refractivity contribution in [3.05, 3.63) is 35.4 Å². The number of benzene rings is 1. The summed E-state index contributed by atoms with van der Waals surface area (Å²) in [6.07, 6.45) is 0.995. The van der Waals surface area contributed by atoms with E-state index in [-0.39, 0.29) is 12.0 Å². The smallest absolute Gasteiger partial charge is 0.288 e. The third-order valence-corrected chi connectivity index (χ3v) is 2.86. The van der Waals surface area contributed by atoms with Gasteiger partial charge in [-0.3, -0.25) is 20.2 Å². The van der Waals surface area contributed by atoms with Crippen molar-refractivity contribution < 1.29 is 9.59 Å². The van der Waals surface area contributed by atoms with Gasteiger partial charge in [0.05, 0.1) is 6.04 Å². The van der Waals surface area contributed by atoms with E-state index in [2.05, 4.69) is 34.7 Å². The first-order valence-corrected chi connectivity index (χ1v) is 5.89. The molecule has 1 aliphatic heterocycles. The van der Waals surface area contributed by atoms with Crippen LogP contribution in [0.4, 0.5) is 0 Å². The number of guanidine groups is 1. The molecule has 2 amide bonds. The summed E-state index contributed by atoms with van der Waals surface area (Å²) in [6, 6.07) is 8.00. The van der Waals surface area contributed by atoms with E-state index in [1.807, 2.05) is 19.1 Å². The van der Waals surface area contributed by atoms with Crippen molar-refractivity contribution in [3.63, 3.8) is 0 Å². The first-order chi connectivity index (χ1) is 8.60. The van der Waals surface area contributed by atoms with Crippen LogP contribution < -0.4 is 10.6 Å². The Labute approximate surface area is 105 Å². The molecule has 2 rings (SSSR count). The van der Waals surface area contributed by atoms with Crippen LogP contribution in [0, 0.1) is 0 Å². The number of carbonyl (C=O) groups is 2. The molecule has 0 saturated carbocycles. The van der Waals surface area contributed by atoms with Gasteiger partial charge in [0.15, 0.2) is 0 Å². The van der Waals surface area contributed by atoms with Crippen molar-refractivity contribution in [1.82, 2.24) is 10.6 Å². The number of aliphatic imine (C=N–C) groups is 1. The Bertz CT molecular complexity index is 487. The summed E-state index contributed by atoms with van der Waals surface area (Å²) >= 11 is 0.